The van der Waals surface area contributed by atoms with E-state index >= 15 is 0 Å². The molecular weight excluding hydrogens is 240 g/mol. The van der Waals surface area contributed by atoms with Crippen LogP contribution in [0.15, 0.2) is 10.6 Å². The molecule has 0 rings (SSSR count). The average molecular weight is 261 g/mol. The van der Waals surface area contributed by atoms with Crippen molar-refractivity contribution in [3.05, 3.63) is 10.6 Å². The van der Waals surface area contributed by atoms with Crippen LogP contribution in [0.2, 0.25) is 0 Å². The summed E-state index contributed by atoms with van der Waals surface area (Å²) in [4.78, 5) is 10.7. The zero-order valence-electron chi connectivity index (χ0n) is 9.31. The summed E-state index contributed by atoms with van der Waals surface area (Å²) in [6.45, 7) is 3.86. The second kappa shape index (κ2) is 9.45. The van der Waals surface area contributed by atoms with Crippen LogP contribution in [0.5, 0.6) is 0 Å². The predicted molar refractivity (Wildman–Crippen MR) is 65.7 cm³/mol. The Morgan fingerprint density at radius 3 is 2.50 bits per heavy atom. The Hall–Kier alpha value is -0.110. The van der Waals surface area contributed by atoms with Gasteiger partial charge in [-0.05, 0) is 30.7 Å². The number of rotatable bonds is 8. The zero-order chi connectivity index (χ0) is 10.8. The van der Waals surface area contributed by atoms with Crippen LogP contribution in [0.1, 0.15) is 58.8 Å². The van der Waals surface area contributed by atoms with Crippen LogP contribution in [-0.2, 0) is 4.79 Å². The molecule has 1 nitrogen and oxygen atoms in total. The molecule has 0 saturated heterocycles. The summed E-state index contributed by atoms with van der Waals surface area (Å²) < 4.78 is 1.26. The molecule has 0 atom stereocenters. The summed E-state index contributed by atoms with van der Waals surface area (Å²) >= 11 is 3.53. The van der Waals surface area contributed by atoms with Gasteiger partial charge in [-0.2, -0.15) is 0 Å². The Morgan fingerprint density at radius 2 is 1.93 bits per heavy atom. The van der Waals surface area contributed by atoms with Gasteiger partial charge in [-0.15, -0.1) is 0 Å². The average Bonchev–Trinajstić information content (AvgIpc) is 2.12. The summed E-state index contributed by atoms with van der Waals surface area (Å²) in [5.41, 5.74) is 0. The molecular formula is C12H21BrO. The van der Waals surface area contributed by atoms with Crippen molar-refractivity contribution < 1.29 is 4.79 Å². The first-order valence-electron chi connectivity index (χ1n) is 5.50. The normalized spacial score (nSPS) is 11.8. The van der Waals surface area contributed by atoms with E-state index < -0.39 is 0 Å². The van der Waals surface area contributed by atoms with Gasteiger partial charge in [-0.25, -0.2) is 0 Å². The number of hydrogen-bond donors (Lipinski definition) is 0. The summed E-state index contributed by atoms with van der Waals surface area (Å²) in [5.74, 6) is 0.271. The van der Waals surface area contributed by atoms with Crippen LogP contribution in [0.4, 0.5) is 0 Å². The van der Waals surface area contributed by atoms with Crippen molar-refractivity contribution in [1.82, 2.24) is 0 Å². The number of carbonyl (C=O) groups is 1. The van der Waals surface area contributed by atoms with Gasteiger partial charge < -0.3 is 4.79 Å². The number of carbonyl (C=O) groups excluding carboxylic acids is 1. The standard InChI is InChI=1S/C12H21BrO/c1-3-4-5-6-9-12(13)10-7-8-11(2)14/h10H,3-9H2,1-2H3/b12-10-. The highest BCUT2D eigenvalue weighted by Gasteiger charge is 1.94. The third-order valence-electron chi connectivity index (χ3n) is 2.13. The van der Waals surface area contributed by atoms with Crippen molar-refractivity contribution in [2.45, 2.75) is 58.8 Å². The highest BCUT2D eigenvalue weighted by Crippen LogP contribution is 2.16. The summed E-state index contributed by atoms with van der Waals surface area (Å²) in [6.07, 6.45) is 9.98. The number of ketones is 1. The number of allylic oxidation sites excluding steroid dienone is 2. The molecule has 2 heteroatoms. The van der Waals surface area contributed by atoms with E-state index in [-0.39, 0.29) is 5.78 Å². The highest BCUT2D eigenvalue weighted by atomic mass is 79.9. The van der Waals surface area contributed by atoms with Gasteiger partial charge in [-0.3, -0.25) is 0 Å². The Labute approximate surface area is 96.1 Å². The lowest BCUT2D eigenvalue weighted by Gasteiger charge is -1.99. The van der Waals surface area contributed by atoms with Gasteiger partial charge in [0.05, 0.1) is 0 Å². The minimum absolute atomic E-state index is 0.271. The molecule has 0 aliphatic carbocycles. The minimum atomic E-state index is 0.271. The summed E-state index contributed by atoms with van der Waals surface area (Å²) in [7, 11) is 0. The molecule has 14 heavy (non-hydrogen) atoms. The van der Waals surface area contributed by atoms with Crippen molar-refractivity contribution >= 4 is 21.7 Å². The van der Waals surface area contributed by atoms with E-state index in [4.69, 9.17) is 0 Å². The van der Waals surface area contributed by atoms with Gasteiger partial charge in [-0.1, -0.05) is 48.2 Å². The van der Waals surface area contributed by atoms with E-state index in [1.807, 2.05) is 0 Å². The van der Waals surface area contributed by atoms with Gasteiger partial charge >= 0.3 is 0 Å². The maximum Gasteiger partial charge on any atom is 0.130 e. The molecule has 0 radical (unpaired) electrons. The first-order valence-corrected chi connectivity index (χ1v) is 6.30. The van der Waals surface area contributed by atoms with Crippen molar-refractivity contribution in [2.24, 2.45) is 0 Å². The van der Waals surface area contributed by atoms with Crippen LogP contribution in [0.3, 0.4) is 0 Å². The van der Waals surface area contributed by atoms with Crippen LogP contribution in [0, 0.1) is 0 Å². The Morgan fingerprint density at radius 1 is 1.21 bits per heavy atom. The molecule has 0 saturated carbocycles. The first kappa shape index (κ1) is 13.9. The van der Waals surface area contributed by atoms with Crippen LogP contribution >= 0.6 is 15.9 Å². The molecule has 0 aliphatic heterocycles. The van der Waals surface area contributed by atoms with Crippen LogP contribution in [0.25, 0.3) is 0 Å². The maximum atomic E-state index is 10.7. The van der Waals surface area contributed by atoms with Crippen molar-refractivity contribution in [1.29, 1.82) is 0 Å². The van der Waals surface area contributed by atoms with Gasteiger partial charge in [0.2, 0.25) is 0 Å². The minimum Gasteiger partial charge on any atom is -0.300 e. The topological polar surface area (TPSA) is 17.1 Å². The van der Waals surface area contributed by atoms with E-state index in [0.29, 0.717) is 6.42 Å². The molecule has 0 aliphatic rings. The third-order valence-corrected chi connectivity index (χ3v) is 2.85. The van der Waals surface area contributed by atoms with E-state index in [1.165, 1.54) is 30.2 Å². The molecule has 0 aromatic rings. The number of unbranched alkanes of at least 4 members (excludes halogenated alkanes) is 3. The Kier molecular flexibility index (Phi) is 9.37. The molecule has 0 aromatic carbocycles. The lowest BCUT2D eigenvalue weighted by molar-refractivity contribution is -0.116. The van der Waals surface area contributed by atoms with E-state index in [0.717, 1.165) is 12.8 Å². The molecule has 0 aromatic heterocycles. The van der Waals surface area contributed by atoms with Gasteiger partial charge in [0, 0.05) is 6.42 Å². The summed E-state index contributed by atoms with van der Waals surface area (Å²) in [5, 5.41) is 0. The fourth-order valence-corrected chi connectivity index (χ4v) is 1.76. The fourth-order valence-electron chi connectivity index (χ4n) is 1.25. The SMILES string of the molecule is CCCCCC/C(Br)=C/CCC(C)=O. The Bertz CT molecular complexity index is 185. The van der Waals surface area contributed by atoms with Gasteiger partial charge in [0.1, 0.15) is 5.78 Å². The first-order chi connectivity index (χ1) is 6.66. The Balaban J connectivity index is 3.42. The maximum absolute atomic E-state index is 10.7. The van der Waals surface area contributed by atoms with Gasteiger partial charge in [0.25, 0.3) is 0 Å². The van der Waals surface area contributed by atoms with Crippen molar-refractivity contribution in [3.63, 3.8) is 0 Å². The zero-order valence-corrected chi connectivity index (χ0v) is 10.9. The summed E-state index contributed by atoms with van der Waals surface area (Å²) in [6, 6.07) is 0. The monoisotopic (exact) mass is 260 g/mol. The van der Waals surface area contributed by atoms with E-state index in [1.54, 1.807) is 6.92 Å². The lowest BCUT2D eigenvalue weighted by atomic mass is 10.1. The smallest absolute Gasteiger partial charge is 0.130 e. The molecule has 82 valence electrons. The largest absolute Gasteiger partial charge is 0.300 e. The quantitative estimate of drug-likeness (QED) is 0.583. The molecule has 0 heterocycles. The number of hydrogen-bond acceptors (Lipinski definition) is 1. The lowest BCUT2D eigenvalue weighted by Crippen LogP contribution is -1.87. The van der Waals surface area contributed by atoms with Crippen molar-refractivity contribution in [2.75, 3.05) is 0 Å². The van der Waals surface area contributed by atoms with E-state index in [2.05, 4.69) is 28.9 Å². The van der Waals surface area contributed by atoms with Crippen molar-refractivity contribution in [3.8, 4) is 0 Å². The molecule has 0 amide bonds. The fraction of sp³-hybridized carbons (Fsp3) is 0.750. The van der Waals surface area contributed by atoms with Gasteiger partial charge in [0.15, 0.2) is 0 Å². The van der Waals surface area contributed by atoms with E-state index in [9.17, 15) is 4.79 Å². The number of halogens is 1. The number of Topliss-reactive ketones (excluding diaryl/α,β-unsaturated/α-hetero) is 1. The molecule has 0 N–H and O–H groups in total. The van der Waals surface area contributed by atoms with Crippen LogP contribution in [-0.4, -0.2) is 5.78 Å². The molecule has 0 spiro atoms. The molecule has 0 bridgehead atoms. The molecule has 0 fully saturated rings. The predicted octanol–water partition coefficient (Wildman–Crippen LogP) is 4.60. The second-order valence-corrected chi connectivity index (χ2v) is 4.72. The second-order valence-electron chi connectivity index (χ2n) is 3.70. The van der Waals surface area contributed by atoms with Crippen LogP contribution < -0.4 is 0 Å². The third kappa shape index (κ3) is 9.97. The molecule has 0 unspecified atom stereocenters. The highest BCUT2D eigenvalue weighted by molar-refractivity contribution is 9.11.